The van der Waals surface area contributed by atoms with E-state index in [0.717, 1.165) is 33.0 Å². The second-order valence-electron chi connectivity index (χ2n) is 4.07. The van der Waals surface area contributed by atoms with Gasteiger partial charge in [0.1, 0.15) is 11.6 Å². The van der Waals surface area contributed by atoms with Gasteiger partial charge in [0, 0.05) is 18.3 Å². The Balaban J connectivity index is 2.52. The van der Waals surface area contributed by atoms with Crippen molar-refractivity contribution in [2.45, 2.75) is 13.5 Å². The van der Waals surface area contributed by atoms with Crippen LogP contribution >= 0.6 is 15.9 Å². The first-order valence-electron chi connectivity index (χ1n) is 5.64. The zero-order valence-corrected chi connectivity index (χ0v) is 12.3. The SMILES string of the molecule is COc1ccc(-c2nc(CN)n(C)c2C)cc1Br. The minimum atomic E-state index is 0.439. The molecule has 0 atom stereocenters. The van der Waals surface area contributed by atoms with Gasteiger partial charge in [-0.3, -0.25) is 0 Å². The second kappa shape index (κ2) is 5.12. The molecule has 4 nitrogen and oxygen atoms in total. The van der Waals surface area contributed by atoms with Gasteiger partial charge >= 0.3 is 0 Å². The molecule has 0 aliphatic carbocycles. The van der Waals surface area contributed by atoms with E-state index in [1.165, 1.54) is 0 Å². The molecule has 5 heteroatoms. The quantitative estimate of drug-likeness (QED) is 0.948. The number of nitrogens with zero attached hydrogens (tertiary/aromatic N) is 2. The normalized spacial score (nSPS) is 10.7. The molecule has 0 bridgehead atoms. The molecule has 2 aromatic rings. The van der Waals surface area contributed by atoms with E-state index in [2.05, 4.69) is 20.9 Å². The predicted molar refractivity (Wildman–Crippen MR) is 75.5 cm³/mol. The summed E-state index contributed by atoms with van der Waals surface area (Å²) in [5.74, 6) is 1.70. The Hall–Kier alpha value is -1.33. The fraction of sp³-hybridized carbons (Fsp3) is 0.308. The molecule has 96 valence electrons. The van der Waals surface area contributed by atoms with Crippen molar-refractivity contribution >= 4 is 15.9 Å². The Morgan fingerprint density at radius 1 is 1.44 bits per heavy atom. The lowest BCUT2D eigenvalue weighted by Crippen LogP contribution is -2.05. The van der Waals surface area contributed by atoms with Gasteiger partial charge in [0.25, 0.3) is 0 Å². The van der Waals surface area contributed by atoms with Gasteiger partial charge in [-0.25, -0.2) is 4.98 Å². The highest BCUT2D eigenvalue weighted by Crippen LogP contribution is 2.31. The largest absolute Gasteiger partial charge is 0.496 e. The van der Waals surface area contributed by atoms with Crippen molar-refractivity contribution < 1.29 is 4.74 Å². The number of halogens is 1. The van der Waals surface area contributed by atoms with Gasteiger partial charge in [-0.15, -0.1) is 0 Å². The van der Waals surface area contributed by atoms with Gasteiger partial charge in [-0.1, -0.05) is 0 Å². The molecular formula is C13H16BrN3O. The monoisotopic (exact) mass is 309 g/mol. The Morgan fingerprint density at radius 2 is 2.17 bits per heavy atom. The zero-order valence-electron chi connectivity index (χ0n) is 10.7. The summed E-state index contributed by atoms with van der Waals surface area (Å²) in [6.07, 6.45) is 0. The highest BCUT2D eigenvalue weighted by Gasteiger charge is 2.13. The molecule has 0 saturated heterocycles. The van der Waals surface area contributed by atoms with Gasteiger partial charge in [0.05, 0.1) is 23.8 Å². The molecule has 1 aromatic heterocycles. The molecule has 2 rings (SSSR count). The van der Waals surface area contributed by atoms with E-state index in [1.807, 2.05) is 36.7 Å². The lowest BCUT2D eigenvalue weighted by Gasteiger charge is -2.05. The predicted octanol–water partition coefficient (Wildman–Crippen LogP) is 2.63. The van der Waals surface area contributed by atoms with Crippen LogP contribution in [-0.4, -0.2) is 16.7 Å². The van der Waals surface area contributed by atoms with E-state index in [0.29, 0.717) is 6.54 Å². The Bertz CT molecular complexity index is 578. The van der Waals surface area contributed by atoms with E-state index in [-0.39, 0.29) is 0 Å². The smallest absolute Gasteiger partial charge is 0.133 e. The molecule has 0 aliphatic rings. The van der Waals surface area contributed by atoms with E-state index < -0.39 is 0 Å². The van der Waals surface area contributed by atoms with Crippen LogP contribution in [-0.2, 0) is 13.6 Å². The number of imidazole rings is 1. The van der Waals surface area contributed by atoms with Crippen molar-refractivity contribution in [1.82, 2.24) is 9.55 Å². The summed E-state index contributed by atoms with van der Waals surface area (Å²) in [7, 11) is 3.63. The summed E-state index contributed by atoms with van der Waals surface area (Å²) in [4.78, 5) is 4.57. The van der Waals surface area contributed by atoms with E-state index in [1.54, 1.807) is 7.11 Å². The number of ether oxygens (including phenoxy) is 1. The van der Waals surface area contributed by atoms with Crippen molar-refractivity contribution in [3.05, 3.63) is 34.2 Å². The molecule has 0 saturated carbocycles. The molecule has 2 N–H and O–H groups in total. The third-order valence-electron chi connectivity index (χ3n) is 3.08. The van der Waals surface area contributed by atoms with Crippen LogP contribution in [0.25, 0.3) is 11.3 Å². The highest BCUT2D eigenvalue weighted by molar-refractivity contribution is 9.10. The average Bonchev–Trinajstić information content (AvgIpc) is 2.66. The van der Waals surface area contributed by atoms with Crippen LogP contribution < -0.4 is 10.5 Å². The summed E-state index contributed by atoms with van der Waals surface area (Å²) in [5, 5.41) is 0. The van der Waals surface area contributed by atoms with Gasteiger partial charge < -0.3 is 15.0 Å². The molecule has 0 spiro atoms. The topological polar surface area (TPSA) is 53.1 Å². The maximum Gasteiger partial charge on any atom is 0.133 e. The third kappa shape index (κ3) is 2.15. The van der Waals surface area contributed by atoms with Gasteiger partial charge in [-0.2, -0.15) is 0 Å². The number of hydrogen-bond acceptors (Lipinski definition) is 3. The molecule has 0 radical (unpaired) electrons. The minimum absolute atomic E-state index is 0.439. The molecule has 18 heavy (non-hydrogen) atoms. The number of hydrogen-bond donors (Lipinski definition) is 1. The van der Waals surface area contributed by atoms with Crippen LogP contribution in [0.1, 0.15) is 11.5 Å². The first-order chi connectivity index (χ1) is 8.58. The van der Waals surface area contributed by atoms with Gasteiger partial charge in [0.2, 0.25) is 0 Å². The summed E-state index contributed by atoms with van der Waals surface area (Å²) >= 11 is 3.49. The van der Waals surface area contributed by atoms with Crippen molar-refractivity contribution in [1.29, 1.82) is 0 Å². The van der Waals surface area contributed by atoms with Crippen LogP contribution in [0, 0.1) is 6.92 Å². The lowest BCUT2D eigenvalue weighted by atomic mass is 10.1. The maximum absolute atomic E-state index is 5.67. The zero-order chi connectivity index (χ0) is 13.3. The Kier molecular flexibility index (Phi) is 3.73. The van der Waals surface area contributed by atoms with E-state index in [9.17, 15) is 0 Å². The van der Waals surface area contributed by atoms with Crippen LogP contribution in [0.4, 0.5) is 0 Å². The molecule has 0 fully saturated rings. The molecule has 0 amide bonds. The summed E-state index contributed by atoms with van der Waals surface area (Å²) in [5.41, 5.74) is 8.79. The van der Waals surface area contributed by atoms with Crippen LogP contribution in [0.2, 0.25) is 0 Å². The van der Waals surface area contributed by atoms with Crippen molar-refractivity contribution in [2.75, 3.05) is 7.11 Å². The van der Waals surface area contributed by atoms with E-state index >= 15 is 0 Å². The number of benzene rings is 1. The number of rotatable bonds is 3. The highest BCUT2D eigenvalue weighted by atomic mass is 79.9. The first-order valence-corrected chi connectivity index (χ1v) is 6.44. The number of aromatic nitrogens is 2. The fourth-order valence-electron chi connectivity index (χ4n) is 1.91. The average molecular weight is 310 g/mol. The summed E-state index contributed by atoms with van der Waals surface area (Å²) in [6, 6.07) is 5.93. The Morgan fingerprint density at radius 3 is 2.67 bits per heavy atom. The fourth-order valence-corrected chi connectivity index (χ4v) is 2.45. The first kappa shape index (κ1) is 13.1. The van der Waals surface area contributed by atoms with Crippen molar-refractivity contribution in [3.63, 3.8) is 0 Å². The van der Waals surface area contributed by atoms with Crippen molar-refractivity contribution in [2.24, 2.45) is 12.8 Å². The van der Waals surface area contributed by atoms with Gasteiger partial charge in [-0.05, 0) is 41.1 Å². The summed E-state index contributed by atoms with van der Waals surface area (Å²) in [6.45, 7) is 2.48. The van der Waals surface area contributed by atoms with Crippen LogP contribution in [0.3, 0.4) is 0 Å². The molecule has 0 aliphatic heterocycles. The van der Waals surface area contributed by atoms with E-state index in [4.69, 9.17) is 10.5 Å². The standard InChI is InChI=1S/C13H16BrN3O/c1-8-13(16-12(7-15)17(8)2)9-4-5-11(18-3)10(14)6-9/h4-6H,7,15H2,1-3H3. The number of methoxy groups -OCH3 is 1. The lowest BCUT2D eigenvalue weighted by molar-refractivity contribution is 0.412. The van der Waals surface area contributed by atoms with Crippen molar-refractivity contribution in [3.8, 4) is 17.0 Å². The third-order valence-corrected chi connectivity index (χ3v) is 3.70. The maximum atomic E-state index is 5.67. The van der Waals surface area contributed by atoms with Crippen LogP contribution in [0.5, 0.6) is 5.75 Å². The molecule has 1 aromatic carbocycles. The molecular weight excluding hydrogens is 294 g/mol. The second-order valence-corrected chi connectivity index (χ2v) is 4.93. The molecule has 0 unspecified atom stereocenters. The minimum Gasteiger partial charge on any atom is -0.496 e. The van der Waals surface area contributed by atoms with Gasteiger partial charge in [0.15, 0.2) is 0 Å². The molecule has 1 heterocycles. The van der Waals surface area contributed by atoms with Crippen LogP contribution in [0.15, 0.2) is 22.7 Å². The Labute approximate surface area is 115 Å². The number of nitrogens with two attached hydrogens (primary N) is 1. The summed E-state index contributed by atoms with van der Waals surface area (Å²) < 4.78 is 8.16.